The third-order valence-electron chi connectivity index (χ3n) is 14.2. The highest BCUT2D eigenvalue weighted by Gasteiger charge is 2.35. The van der Waals surface area contributed by atoms with E-state index in [2.05, 4.69) is 163 Å². The molecule has 8 nitrogen and oxygen atoms in total. The van der Waals surface area contributed by atoms with Crippen molar-refractivity contribution in [1.82, 2.24) is 39.0 Å². The Labute approximate surface area is 409 Å². The van der Waals surface area contributed by atoms with E-state index in [1.54, 1.807) is 0 Å². The zero-order chi connectivity index (χ0) is 47.2. The lowest BCUT2D eigenvalue weighted by atomic mass is 9.82. The van der Waals surface area contributed by atoms with Gasteiger partial charge < -0.3 is 4.57 Å². The molecule has 0 saturated carbocycles. The largest absolute Gasteiger partial charge is 0.309 e. The first-order chi connectivity index (χ1) is 35.0. The molecule has 1 aliphatic carbocycles. The van der Waals surface area contributed by atoms with Crippen molar-refractivity contribution >= 4 is 43.6 Å². The lowest BCUT2D eigenvalue weighted by Gasteiger charge is -2.21. The molecule has 0 atom stereocenters. The zero-order valence-corrected chi connectivity index (χ0v) is 38.9. The van der Waals surface area contributed by atoms with Crippen molar-refractivity contribution in [3.8, 4) is 79.7 Å². The second-order valence-electron chi connectivity index (χ2n) is 18.7. The fourth-order valence-electron chi connectivity index (χ4n) is 10.9. The summed E-state index contributed by atoms with van der Waals surface area (Å²) in [7, 11) is 0. The van der Waals surface area contributed by atoms with Crippen LogP contribution in [0.1, 0.15) is 25.0 Å². The van der Waals surface area contributed by atoms with Gasteiger partial charge in [-0.2, -0.15) is 9.97 Å². The Kier molecular flexibility index (Phi) is 9.06. The second-order valence-corrected chi connectivity index (χ2v) is 18.7. The topological polar surface area (TPSA) is 87.2 Å². The standard InChI is InChI=1S/C63H42N8/c1-63(2)50-30-15-12-27-45(50)46-34-33-43(38-51(46)63)61-65-57(39-19-6-3-7-20-39)64-60(67-61)42-25-18-26-44(37-42)70-53-32-17-14-29-49(53)55-54(70)36-35-48-47-28-13-16-31-52(47)71(56(48)55)62-68-58(40-21-8-4-9-22-40)66-59(69-62)41-23-10-5-11-24-41/h3-38H,1-2H3. The van der Waals surface area contributed by atoms with E-state index in [-0.39, 0.29) is 5.41 Å². The van der Waals surface area contributed by atoms with Gasteiger partial charge in [-0.1, -0.05) is 196 Å². The molecule has 13 aromatic rings. The van der Waals surface area contributed by atoms with E-state index in [1.165, 1.54) is 22.3 Å². The minimum absolute atomic E-state index is 0.168. The molecule has 9 aromatic carbocycles. The van der Waals surface area contributed by atoms with Gasteiger partial charge in [0, 0.05) is 60.5 Å². The molecule has 334 valence electrons. The third-order valence-corrected chi connectivity index (χ3v) is 14.2. The summed E-state index contributed by atoms with van der Waals surface area (Å²) in [6, 6.07) is 76.1. The molecular weight excluding hydrogens is 869 g/mol. The van der Waals surface area contributed by atoms with Crippen molar-refractivity contribution in [2.24, 2.45) is 0 Å². The minimum atomic E-state index is -0.168. The molecule has 0 saturated heterocycles. The molecule has 1 aliphatic rings. The molecule has 0 N–H and O–H groups in total. The van der Waals surface area contributed by atoms with Crippen LogP contribution in [-0.4, -0.2) is 39.0 Å². The number of aromatic nitrogens is 8. The van der Waals surface area contributed by atoms with Crippen LogP contribution in [0.25, 0.3) is 123 Å². The van der Waals surface area contributed by atoms with Crippen LogP contribution >= 0.6 is 0 Å². The number of hydrogen-bond donors (Lipinski definition) is 0. The summed E-state index contributed by atoms with van der Waals surface area (Å²) in [6.07, 6.45) is 0. The first-order valence-electron chi connectivity index (χ1n) is 24.0. The smallest absolute Gasteiger partial charge is 0.238 e. The van der Waals surface area contributed by atoms with Gasteiger partial charge in [0.2, 0.25) is 5.95 Å². The number of para-hydroxylation sites is 2. The van der Waals surface area contributed by atoms with Gasteiger partial charge in [0.25, 0.3) is 0 Å². The monoisotopic (exact) mass is 910 g/mol. The maximum absolute atomic E-state index is 5.28. The van der Waals surface area contributed by atoms with Gasteiger partial charge >= 0.3 is 0 Å². The van der Waals surface area contributed by atoms with Crippen LogP contribution < -0.4 is 0 Å². The quantitative estimate of drug-likeness (QED) is 0.158. The van der Waals surface area contributed by atoms with Crippen molar-refractivity contribution in [2.75, 3.05) is 0 Å². The molecule has 0 aliphatic heterocycles. The summed E-state index contributed by atoms with van der Waals surface area (Å²) in [5.74, 6) is 3.61. The van der Waals surface area contributed by atoms with E-state index in [0.717, 1.165) is 77.1 Å². The van der Waals surface area contributed by atoms with E-state index >= 15 is 0 Å². The molecule has 0 unspecified atom stereocenters. The molecule has 0 radical (unpaired) electrons. The van der Waals surface area contributed by atoms with Crippen LogP contribution in [0.3, 0.4) is 0 Å². The maximum Gasteiger partial charge on any atom is 0.238 e. The minimum Gasteiger partial charge on any atom is -0.309 e. The number of hydrogen-bond acceptors (Lipinski definition) is 6. The second kappa shape index (κ2) is 15.8. The highest BCUT2D eigenvalue weighted by atomic mass is 15.2. The molecule has 71 heavy (non-hydrogen) atoms. The first-order valence-corrected chi connectivity index (χ1v) is 24.0. The molecule has 8 heteroatoms. The molecular formula is C63H42N8. The van der Waals surface area contributed by atoms with Gasteiger partial charge in [-0.15, -0.1) is 0 Å². The lowest BCUT2D eigenvalue weighted by molar-refractivity contribution is 0.660. The average molecular weight is 911 g/mol. The maximum atomic E-state index is 5.28. The summed E-state index contributed by atoms with van der Waals surface area (Å²) in [5.41, 5.74) is 14.7. The van der Waals surface area contributed by atoms with Gasteiger partial charge in [-0.05, 0) is 58.7 Å². The van der Waals surface area contributed by atoms with Crippen molar-refractivity contribution in [3.63, 3.8) is 0 Å². The predicted octanol–water partition coefficient (Wildman–Crippen LogP) is 14.9. The fraction of sp³-hybridized carbons (Fsp3) is 0.0476. The summed E-state index contributed by atoms with van der Waals surface area (Å²) in [4.78, 5) is 31.2. The van der Waals surface area contributed by atoms with Crippen molar-refractivity contribution < 1.29 is 0 Å². The Morgan fingerprint density at radius 3 is 1.46 bits per heavy atom. The van der Waals surface area contributed by atoms with E-state index in [0.29, 0.717) is 35.1 Å². The summed E-state index contributed by atoms with van der Waals surface area (Å²) < 4.78 is 4.59. The molecule has 4 aromatic heterocycles. The van der Waals surface area contributed by atoms with E-state index in [9.17, 15) is 0 Å². The SMILES string of the molecule is CC1(C)c2ccccc2-c2ccc(-c3nc(-c4ccccc4)nc(-c4cccc(-n5c6ccccc6c6c5ccc5c7ccccc7n(-c7nc(-c8ccccc8)nc(-c8ccccc8)n7)c56)c4)n3)cc21. The van der Waals surface area contributed by atoms with Crippen LogP contribution in [0.2, 0.25) is 0 Å². The Morgan fingerprint density at radius 1 is 0.324 bits per heavy atom. The zero-order valence-electron chi connectivity index (χ0n) is 38.9. The molecule has 14 rings (SSSR count). The molecule has 4 heterocycles. The van der Waals surface area contributed by atoms with Crippen LogP contribution in [-0.2, 0) is 5.41 Å². The molecule has 0 bridgehead atoms. The van der Waals surface area contributed by atoms with Crippen LogP contribution in [0.15, 0.2) is 218 Å². The molecule has 0 fully saturated rings. The van der Waals surface area contributed by atoms with Gasteiger partial charge in [-0.3, -0.25) is 4.57 Å². The van der Waals surface area contributed by atoms with Gasteiger partial charge in [0.15, 0.2) is 29.1 Å². The van der Waals surface area contributed by atoms with Crippen molar-refractivity contribution in [2.45, 2.75) is 19.3 Å². The normalized spacial score (nSPS) is 12.8. The van der Waals surface area contributed by atoms with Crippen LogP contribution in [0.4, 0.5) is 0 Å². The van der Waals surface area contributed by atoms with Gasteiger partial charge in [0.1, 0.15) is 0 Å². The number of nitrogens with zero attached hydrogens (tertiary/aromatic N) is 8. The predicted molar refractivity (Wildman–Crippen MR) is 287 cm³/mol. The van der Waals surface area contributed by atoms with Gasteiger partial charge in [0.05, 0.1) is 22.1 Å². The van der Waals surface area contributed by atoms with Crippen molar-refractivity contribution in [1.29, 1.82) is 0 Å². The fourth-order valence-corrected chi connectivity index (χ4v) is 10.9. The average Bonchev–Trinajstić information content (AvgIpc) is 4.05. The van der Waals surface area contributed by atoms with Crippen LogP contribution in [0, 0.1) is 0 Å². The summed E-state index contributed by atoms with van der Waals surface area (Å²) in [6.45, 7) is 4.61. The van der Waals surface area contributed by atoms with Crippen LogP contribution in [0.5, 0.6) is 0 Å². The Bertz CT molecular complexity index is 4190. The van der Waals surface area contributed by atoms with Crippen molar-refractivity contribution in [3.05, 3.63) is 230 Å². The molecule has 0 amide bonds. The van der Waals surface area contributed by atoms with E-state index in [4.69, 9.17) is 29.9 Å². The lowest BCUT2D eigenvalue weighted by Crippen LogP contribution is -2.15. The number of rotatable bonds is 7. The van der Waals surface area contributed by atoms with E-state index in [1.807, 2.05) is 78.9 Å². The van der Waals surface area contributed by atoms with Gasteiger partial charge in [-0.25, -0.2) is 19.9 Å². The Balaban J connectivity index is 0.974. The number of fused-ring (bicyclic) bond motifs is 10. The van der Waals surface area contributed by atoms with E-state index < -0.39 is 0 Å². The number of benzene rings is 9. The third kappa shape index (κ3) is 6.45. The highest BCUT2D eigenvalue weighted by Crippen LogP contribution is 2.49. The molecule has 0 spiro atoms. The first kappa shape index (κ1) is 40.6. The highest BCUT2D eigenvalue weighted by molar-refractivity contribution is 6.26. The Morgan fingerprint density at radius 2 is 0.817 bits per heavy atom. The Hall–Kier alpha value is -9.40. The summed E-state index contributed by atoms with van der Waals surface area (Å²) in [5, 5.41) is 4.43. The summed E-state index contributed by atoms with van der Waals surface area (Å²) >= 11 is 0.